The van der Waals surface area contributed by atoms with Crippen molar-refractivity contribution in [2.24, 2.45) is 5.92 Å². The van der Waals surface area contributed by atoms with Gasteiger partial charge in [-0.3, -0.25) is 10.1 Å². The molecule has 2 N–H and O–H groups in total. The molecule has 2 atom stereocenters. The van der Waals surface area contributed by atoms with Crippen LogP contribution in [0.2, 0.25) is 5.02 Å². The van der Waals surface area contributed by atoms with E-state index in [1.165, 1.54) is 12.1 Å². The van der Waals surface area contributed by atoms with E-state index in [1.54, 1.807) is 6.07 Å². The number of nitrogens with one attached hydrogen (secondary N) is 1. The highest BCUT2D eigenvalue weighted by Crippen LogP contribution is 2.25. The molecule has 2 rings (SSSR count). The van der Waals surface area contributed by atoms with Crippen LogP contribution in [0.5, 0.6) is 0 Å². The Hall–Kier alpha value is -1.17. The van der Waals surface area contributed by atoms with Crippen molar-refractivity contribution in [2.75, 3.05) is 6.54 Å². The first-order valence-electron chi connectivity index (χ1n) is 6.38. The summed E-state index contributed by atoms with van der Waals surface area (Å²) >= 11 is 6.02. The second-order valence-electron chi connectivity index (χ2n) is 5.00. The lowest BCUT2D eigenvalue weighted by molar-refractivity contribution is -0.384. The number of nitro benzene ring substituents is 1. The van der Waals surface area contributed by atoms with Crippen LogP contribution in [0.4, 0.5) is 5.69 Å². The van der Waals surface area contributed by atoms with Crippen molar-refractivity contribution in [2.45, 2.75) is 31.9 Å². The number of halogens is 1. The number of nitrogens with zero attached hydrogens (tertiary/aromatic N) is 1. The van der Waals surface area contributed by atoms with Gasteiger partial charge in [-0.15, -0.1) is 0 Å². The van der Waals surface area contributed by atoms with Crippen LogP contribution in [0.25, 0.3) is 0 Å². The first-order valence-corrected chi connectivity index (χ1v) is 6.75. The summed E-state index contributed by atoms with van der Waals surface area (Å²) < 4.78 is 0. The largest absolute Gasteiger partial charge is 0.393 e. The fourth-order valence-corrected chi connectivity index (χ4v) is 2.64. The number of hydrogen-bond donors (Lipinski definition) is 2. The van der Waals surface area contributed by atoms with Gasteiger partial charge in [0.2, 0.25) is 0 Å². The maximum absolute atomic E-state index is 10.7. The molecule has 1 aliphatic rings. The number of nitro groups is 1. The van der Waals surface area contributed by atoms with Crippen molar-refractivity contribution in [3.8, 4) is 0 Å². The van der Waals surface area contributed by atoms with Gasteiger partial charge in [-0.2, -0.15) is 0 Å². The summed E-state index contributed by atoms with van der Waals surface area (Å²) in [4.78, 5) is 10.3. The monoisotopic (exact) mass is 284 g/mol. The molecule has 6 heteroatoms. The highest BCUT2D eigenvalue weighted by molar-refractivity contribution is 6.31. The van der Waals surface area contributed by atoms with Gasteiger partial charge in [0.05, 0.1) is 11.0 Å². The van der Waals surface area contributed by atoms with Crippen molar-refractivity contribution in [3.63, 3.8) is 0 Å². The first-order chi connectivity index (χ1) is 9.06. The second kappa shape index (κ2) is 6.32. The Labute approximate surface area is 116 Å². The number of aliphatic hydroxyl groups excluding tert-OH is 1. The van der Waals surface area contributed by atoms with E-state index in [4.69, 9.17) is 11.6 Å². The normalized spacial score (nSPS) is 22.6. The zero-order valence-electron chi connectivity index (χ0n) is 10.5. The molecule has 0 heterocycles. The quantitative estimate of drug-likeness (QED) is 0.643. The summed E-state index contributed by atoms with van der Waals surface area (Å²) in [6, 6.07) is 4.45. The number of non-ortho nitro benzene ring substituents is 1. The van der Waals surface area contributed by atoms with Gasteiger partial charge < -0.3 is 10.4 Å². The number of rotatable bonds is 5. The lowest BCUT2D eigenvalue weighted by atomic mass is 10.1. The molecule has 104 valence electrons. The fourth-order valence-electron chi connectivity index (χ4n) is 2.46. The molecule has 1 saturated carbocycles. The van der Waals surface area contributed by atoms with Crippen LogP contribution in [0.3, 0.4) is 0 Å². The van der Waals surface area contributed by atoms with Crippen molar-refractivity contribution < 1.29 is 10.0 Å². The van der Waals surface area contributed by atoms with E-state index in [0.717, 1.165) is 31.4 Å². The van der Waals surface area contributed by atoms with E-state index in [9.17, 15) is 15.2 Å². The molecule has 1 aromatic rings. The van der Waals surface area contributed by atoms with E-state index < -0.39 is 4.92 Å². The molecule has 1 fully saturated rings. The standard InChI is InChI=1S/C13H17ClN2O3/c14-13-4-2-11(16(18)19)6-10(13)8-15-7-9-1-3-12(17)5-9/h2,4,6,9,12,15,17H,1,3,5,7-8H2. The molecular weight excluding hydrogens is 268 g/mol. The van der Waals surface area contributed by atoms with Crippen LogP contribution in [-0.4, -0.2) is 22.7 Å². The van der Waals surface area contributed by atoms with Gasteiger partial charge in [-0.1, -0.05) is 11.6 Å². The van der Waals surface area contributed by atoms with Gasteiger partial charge in [0, 0.05) is 23.7 Å². The summed E-state index contributed by atoms with van der Waals surface area (Å²) in [5, 5.41) is 23.9. The van der Waals surface area contributed by atoms with E-state index in [0.29, 0.717) is 17.5 Å². The Kier molecular flexibility index (Phi) is 4.74. The van der Waals surface area contributed by atoms with E-state index in [1.807, 2.05) is 0 Å². The third-order valence-corrected chi connectivity index (χ3v) is 3.87. The third-order valence-electron chi connectivity index (χ3n) is 3.50. The van der Waals surface area contributed by atoms with Crippen LogP contribution in [0, 0.1) is 16.0 Å². The lowest BCUT2D eigenvalue weighted by Crippen LogP contribution is -2.21. The van der Waals surface area contributed by atoms with Gasteiger partial charge >= 0.3 is 0 Å². The molecular formula is C13H17ClN2O3. The van der Waals surface area contributed by atoms with Crippen LogP contribution in [-0.2, 0) is 6.54 Å². The Bertz CT molecular complexity index is 467. The smallest absolute Gasteiger partial charge is 0.269 e. The molecule has 1 aromatic carbocycles. The predicted octanol–water partition coefficient (Wildman–Crippen LogP) is 2.50. The molecule has 0 bridgehead atoms. The van der Waals surface area contributed by atoms with E-state index in [-0.39, 0.29) is 11.8 Å². The zero-order chi connectivity index (χ0) is 13.8. The summed E-state index contributed by atoms with van der Waals surface area (Å²) in [7, 11) is 0. The van der Waals surface area contributed by atoms with E-state index >= 15 is 0 Å². The van der Waals surface area contributed by atoms with Crippen molar-refractivity contribution in [3.05, 3.63) is 38.9 Å². The minimum atomic E-state index is -0.423. The maximum Gasteiger partial charge on any atom is 0.269 e. The lowest BCUT2D eigenvalue weighted by Gasteiger charge is -2.11. The molecule has 0 spiro atoms. The average Bonchev–Trinajstić information content (AvgIpc) is 2.77. The Balaban J connectivity index is 1.88. The Morgan fingerprint density at radius 2 is 2.26 bits per heavy atom. The summed E-state index contributed by atoms with van der Waals surface area (Å²) in [5.41, 5.74) is 0.784. The molecule has 5 nitrogen and oxygen atoms in total. The highest BCUT2D eigenvalue weighted by Gasteiger charge is 2.22. The van der Waals surface area contributed by atoms with Gasteiger partial charge in [0.1, 0.15) is 0 Å². The topological polar surface area (TPSA) is 75.4 Å². The number of hydrogen-bond acceptors (Lipinski definition) is 4. The summed E-state index contributed by atoms with van der Waals surface area (Å²) in [5.74, 6) is 0.479. The maximum atomic E-state index is 10.7. The van der Waals surface area contributed by atoms with Gasteiger partial charge in [0.25, 0.3) is 5.69 Å². The second-order valence-corrected chi connectivity index (χ2v) is 5.40. The molecule has 0 aliphatic heterocycles. The van der Waals surface area contributed by atoms with Crippen molar-refractivity contribution in [1.29, 1.82) is 0 Å². The average molecular weight is 285 g/mol. The summed E-state index contributed by atoms with van der Waals surface area (Å²) in [6.45, 7) is 1.31. The molecule has 19 heavy (non-hydrogen) atoms. The van der Waals surface area contributed by atoms with Crippen LogP contribution in [0.15, 0.2) is 18.2 Å². The Morgan fingerprint density at radius 1 is 1.47 bits per heavy atom. The number of aliphatic hydroxyl groups is 1. The Morgan fingerprint density at radius 3 is 2.89 bits per heavy atom. The molecule has 2 unspecified atom stereocenters. The summed E-state index contributed by atoms with van der Waals surface area (Å²) in [6.07, 6.45) is 2.55. The minimum Gasteiger partial charge on any atom is -0.393 e. The van der Waals surface area contributed by atoms with E-state index in [2.05, 4.69) is 5.32 Å². The van der Waals surface area contributed by atoms with Gasteiger partial charge in [-0.05, 0) is 43.4 Å². The molecule has 0 radical (unpaired) electrons. The van der Waals surface area contributed by atoms with Crippen LogP contribution < -0.4 is 5.32 Å². The van der Waals surface area contributed by atoms with Crippen LogP contribution >= 0.6 is 11.6 Å². The number of benzene rings is 1. The SMILES string of the molecule is O=[N+]([O-])c1ccc(Cl)c(CNCC2CCC(O)C2)c1. The molecule has 0 aromatic heterocycles. The van der Waals surface area contributed by atoms with Gasteiger partial charge in [0.15, 0.2) is 0 Å². The third kappa shape index (κ3) is 3.89. The fraction of sp³-hybridized carbons (Fsp3) is 0.538. The van der Waals surface area contributed by atoms with Gasteiger partial charge in [-0.25, -0.2) is 0 Å². The molecule has 0 amide bonds. The van der Waals surface area contributed by atoms with Crippen LogP contribution in [0.1, 0.15) is 24.8 Å². The molecule has 1 aliphatic carbocycles. The highest BCUT2D eigenvalue weighted by atomic mass is 35.5. The zero-order valence-corrected chi connectivity index (χ0v) is 11.3. The van der Waals surface area contributed by atoms with Crippen molar-refractivity contribution in [1.82, 2.24) is 5.32 Å². The minimum absolute atomic E-state index is 0.0532. The molecule has 0 saturated heterocycles. The first kappa shape index (κ1) is 14.2. The van der Waals surface area contributed by atoms with Crippen molar-refractivity contribution >= 4 is 17.3 Å². The predicted molar refractivity (Wildman–Crippen MR) is 73.2 cm³/mol.